The quantitative estimate of drug-likeness (QED) is 0.941. The third-order valence-corrected chi connectivity index (χ3v) is 3.61. The largest absolute Gasteiger partial charge is 0.454 e. The van der Waals surface area contributed by atoms with Gasteiger partial charge in [-0.1, -0.05) is 6.42 Å². The molecule has 4 nitrogen and oxygen atoms in total. The van der Waals surface area contributed by atoms with Crippen LogP contribution in [-0.4, -0.2) is 23.1 Å². The second kappa shape index (κ2) is 6.63. The van der Waals surface area contributed by atoms with Crippen molar-refractivity contribution >= 4 is 0 Å². The summed E-state index contributed by atoms with van der Waals surface area (Å²) in [6.45, 7) is 2.00. The summed E-state index contributed by atoms with van der Waals surface area (Å²) in [7, 11) is 0. The van der Waals surface area contributed by atoms with E-state index in [4.69, 9.17) is 4.74 Å². The van der Waals surface area contributed by atoms with Crippen LogP contribution in [0.2, 0.25) is 0 Å². The van der Waals surface area contributed by atoms with Gasteiger partial charge in [0.1, 0.15) is 17.4 Å². The molecule has 0 spiro atoms. The van der Waals surface area contributed by atoms with Crippen LogP contribution in [0.15, 0.2) is 36.7 Å². The van der Waals surface area contributed by atoms with Gasteiger partial charge in [-0.05, 0) is 43.7 Å². The number of aromatic nitrogens is 2. The van der Waals surface area contributed by atoms with Gasteiger partial charge in [0.2, 0.25) is 0 Å². The highest BCUT2D eigenvalue weighted by Crippen LogP contribution is 2.23. The minimum atomic E-state index is -0.283. The summed E-state index contributed by atoms with van der Waals surface area (Å²) in [5.41, 5.74) is 0. The van der Waals surface area contributed by atoms with Crippen molar-refractivity contribution in [2.24, 2.45) is 0 Å². The maximum absolute atomic E-state index is 12.8. The second-order valence-electron chi connectivity index (χ2n) is 5.23. The second-order valence-corrected chi connectivity index (χ2v) is 5.23. The lowest BCUT2D eigenvalue weighted by molar-refractivity contribution is 0.471. The Labute approximate surface area is 123 Å². The van der Waals surface area contributed by atoms with E-state index in [0.29, 0.717) is 17.4 Å². The van der Waals surface area contributed by atoms with Gasteiger partial charge in [-0.15, -0.1) is 0 Å². The maximum atomic E-state index is 12.8. The monoisotopic (exact) mass is 287 g/mol. The maximum Gasteiger partial charge on any atom is 0.164 e. The van der Waals surface area contributed by atoms with Gasteiger partial charge in [0, 0.05) is 12.5 Å². The summed E-state index contributed by atoms with van der Waals surface area (Å²) in [5, 5.41) is 3.41. The van der Waals surface area contributed by atoms with Gasteiger partial charge in [-0.2, -0.15) is 0 Å². The van der Waals surface area contributed by atoms with Crippen molar-refractivity contribution in [1.29, 1.82) is 0 Å². The van der Waals surface area contributed by atoms with E-state index in [1.165, 1.54) is 25.0 Å². The van der Waals surface area contributed by atoms with Crippen LogP contribution in [0.3, 0.4) is 0 Å². The molecule has 1 atom stereocenters. The Bertz CT molecular complexity index is 563. The van der Waals surface area contributed by atoms with E-state index in [0.717, 1.165) is 25.3 Å². The van der Waals surface area contributed by atoms with Crippen molar-refractivity contribution < 1.29 is 9.13 Å². The number of hydrogen-bond acceptors (Lipinski definition) is 4. The van der Waals surface area contributed by atoms with E-state index in [1.54, 1.807) is 24.5 Å². The Morgan fingerprint density at radius 3 is 2.57 bits per heavy atom. The SMILES string of the molecule is Fc1ccc(Oc2cnc(C3CCCCNC3)nc2)cc1. The van der Waals surface area contributed by atoms with Crippen LogP contribution in [0.25, 0.3) is 0 Å². The van der Waals surface area contributed by atoms with Gasteiger partial charge >= 0.3 is 0 Å². The van der Waals surface area contributed by atoms with E-state index in [1.807, 2.05) is 0 Å². The highest BCUT2D eigenvalue weighted by molar-refractivity contribution is 5.28. The van der Waals surface area contributed by atoms with Crippen LogP contribution >= 0.6 is 0 Å². The minimum Gasteiger partial charge on any atom is -0.454 e. The molecule has 3 rings (SSSR count). The van der Waals surface area contributed by atoms with Crippen LogP contribution in [0, 0.1) is 5.82 Å². The molecule has 1 unspecified atom stereocenters. The Morgan fingerprint density at radius 1 is 1.05 bits per heavy atom. The number of nitrogens with zero attached hydrogens (tertiary/aromatic N) is 2. The topological polar surface area (TPSA) is 47.0 Å². The fourth-order valence-electron chi connectivity index (χ4n) is 2.47. The van der Waals surface area contributed by atoms with Crippen LogP contribution in [-0.2, 0) is 0 Å². The fraction of sp³-hybridized carbons (Fsp3) is 0.375. The first-order valence-corrected chi connectivity index (χ1v) is 7.27. The predicted molar refractivity (Wildman–Crippen MR) is 78.0 cm³/mol. The molecule has 0 bridgehead atoms. The highest BCUT2D eigenvalue weighted by Gasteiger charge is 2.16. The lowest BCUT2D eigenvalue weighted by atomic mass is 10.0. The third-order valence-electron chi connectivity index (χ3n) is 3.61. The number of halogens is 1. The summed E-state index contributed by atoms with van der Waals surface area (Å²) >= 11 is 0. The molecule has 110 valence electrons. The van der Waals surface area contributed by atoms with Crippen LogP contribution in [0.4, 0.5) is 4.39 Å². The fourth-order valence-corrected chi connectivity index (χ4v) is 2.47. The normalized spacial score (nSPS) is 19.0. The molecule has 1 aliphatic rings. The number of ether oxygens (including phenoxy) is 1. The number of benzene rings is 1. The lowest BCUT2D eigenvalue weighted by Crippen LogP contribution is -2.20. The van der Waals surface area contributed by atoms with E-state index >= 15 is 0 Å². The number of rotatable bonds is 3. The average Bonchev–Trinajstić information content (AvgIpc) is 2.80. The first-order valence-electron chi connectivity index (χ1n) is 7.27. The summed E-state index contributed by atoms with van der Waals surface area (Å²) in [6.07, 6.45) is 6.88. The zero-order chi connectivity index (χ0) is 14.5. The van der Waals surface area contributed by atoms with Crippen molar-refractivity contribution in [1.82, 2.24) is 15.3 Å². The van der Waals surface area contributed by atoms with Gasteiger partial charge in [0.15, 0.2) is 5.75 Å². The molecule has 0 amide bonds. The van der Waals surface area contributed by atoms with Crippen molar-refractivity contribution in [3.8, 4) is 11.5 Å². The van der Waals surface area contributed by atoms with Gasteiger partial charge < -0.3 is 10.1 Å². The summed E-state index contributed by atoms with van der Waals surface area (Å²) < 4.78 is 18.4. The average molecular weight is 287 g/mol. The summed E-state index contributed by atoms with van der Waals surface area (Å²) in [6, 6.07) is 5.89. The van der Waals surface area contributed by atoms with Gasteiger partial charge in [0.25, 0.3) is 0 Å². The van der Waals surface area contributed by atoms with Gasteiger partial charge in [-0.3, -0.25) is 0 Å². The molecule has 1 aromatic heterocycles. The van der Waals surface area contributed by atoms with E-state index in [2.05, 4.69) is 15.3 Å². The van der Waals surface area contributed by atoms with Crippen molar-refractivity contribution in [2.45, 2.75) is 25.2 Å². The number of nitrogens with one attached hydrogen (secondary N) is 1. The summed E-state index contributed by atoms with van der Waals surface area (Å²) in [5.74, 6) is 2.08. The summed E-state index contributed by atoms with van der Waals surface area (Å²) in [4.78, 5) is 8.82. The molecular weight excluding hydrogens is 269 g/mol. The zero-order valence-electron chi connectivity index (χ0n) is 11.8. The molecule has 1 saturated heterocycles. The Kier molecular flexibility index (Phi) is 4.40. The molecule has 5 heteroatoms. The Balaban J connectivity index is 1.67. The number of hydrogen-bond donors (Lipinski definition) is 1. The van der Waals surface area contributed by atoms with E-state index < -0.39 is 0 Å². The standard InChI is InChI=1S/C16H18FN3O/c17-13-4-6-14(7-5-13)21-15-10-19-16(20-11-15)12-3-1-2-8-18-9-12/h4-7,10-12,18H,1-3,8-9H2. The molecule has 1 aliphatic heterocycles. The van der Waals surface area contributed by atoms with Crippen molar-refractivity contribution in [3.05, 3.63) is 48.3 Å². The third kappa shape index (κ3) is 3.76. The van der Waals surface area contributed by atoms with Crippen LogP contribution in [0.5, 0.6) is 11.5 Å². The van der Waals surface area contributed by atoms with Crippen LogP contribution < -0.4 is 10.1 Å². The van der Waals surface area contributed by atoms with Crippen molar-refractivity contribution in [2.75, 3.05) is 13.1 Å². The molecule has 0 saturated carbocycles. The molecule has 0 radical (unpaired) electrons. The van der Waals surface area contributed by atoms with Gasteiger partial charge in [0.05, 0.1) is 12.4 Å². The predicted octanol–water partition coefficient (Wildman–Crippen LogP) is 3.27. The van der Waals surface area contributed by atoms with Crippen LogP contribution in [0.1, 0.15) is 31.0 Å². The molecule has 1 fully saturated rings. The minimum absolute atomic E-state index is 0.283. The molecule has 0 aliphatic carbocycles. The van der Waals surface area contributed by atoms with Crippen molar-refractivity contribution in [3.63, 3.8) is 0 Å². The smallest absolute Gasteiger partial charge is 0.164 e. The Morgan fingerprint density at radius 2 is 1.81 bits per heavy atom. The molecule has 2 heterocycles. The lowest BCUT2D eigenvalue weighted by Gasteiger charge is -2.13. The first kappa shape index (κ1) is 13.9. The molecule has 21 heavy (non-hydrogen) atoms. The molecular formula is C16H18FN3O. The molecule has 1 N–H and O–H groups in total. The Hall–Kier alpha value is -2.01. The highest BCUT2D eigenvalue weighted by atomic mass is 19.1. The van der Waals surface area contributed by atoms with E-state index in [9.17, 15) is 4.39 Å². The first-order chi connectivity index (χ1) is 10.3. The van der Waals surface area contributed by atoms with Gasteiger partial charge in [-0.25, -0.2) is 14.4 Å². The molecule has 1 aromatic carbocycles. The molecule has 2 aromatic rings. The van der Waals surface area contributed by atoms with E-state index in [-0.39, 0.29) is 5.82 Å². The zero-order valence-corrected chi connectivity index (χ0v) is 11.8.